The summed E-state index contributed by atoms with van der Waals surface area (Å²) in [5.41, 5.74) is 2.04. The van der Waals surface area contributed by atoms with E-state index in [1.807, 2.05) is 36.0 Å². The minimum atomic E-state index is -0.776. The van der Waals surface area contributed by atoms with Crippen molar-refractivity contribution in [1.82, 2.24) is 4.57 Å². The van der Waals surface area contributed by atoms with Crippen molar-refractivity contribution >= 4 is 28.5 Å². The topological polar surface area (TPSA) is 42.2 Å². The highest BCUT2D eigenvalue weighted by Gasteiger charge is 2.15. The average molecular weight is 252 g/mol. The number of carbonyl (C=O) groups is 1. The fourth-order valence-corrected chi connectivity index (χ4v) is 2.39. The molecule has 0 aliphatic heterocycles. The summed E-state index contributed by atoms with van der Waals surface area (Å²) in [7, 11) is 1.92. The highest BCUT2D eigenvalue weighted by molar-refractivity contribution is 6.35. The summed E-state index contributed by atoms with van der Waals surface area (Å²) < 4.78 is 1.95. The van der Waals surface area contributed by atoms with Gasteiger partial charge in [0.1, 0.15) is 0 Å². The Hall–Kier alpha value is -1.48. The zero-order valence-electron chi connectivity index (χ0n) is 9.77. The van der Waals surface area contributed by atoms with Gasteiger partial charge in [0, 0.05) is 18.6 Å². The van der Waals surface area contributed by atoms with Crippen LogP contribution in [-0.2, 0) is 18.3 Å². The van der Waals surface area contributed by atoms with Crippen LogP contribution < -0.4 is 0 Å². The first-order valence-electron chi connectivity index (χ1n) is 5.46. The predicted octanol–water partition coefficient (Wildman–Crippen LogP) is 3.09. The van der Waals surface area contributed by atoms with Crippen LogP contribution in [0, 0.1) is 5.92 Å². The molecule has 0 aliphatic rings. The number of carboxylic acids is 1. The monoisotopic (exact) mass is 251 g/mol. The zero-order chi connectivity index (χ0) is 12.6. The molecule has 0 fully saturated rings. The van der Waals surface area contributed by atoms with Gasteiger partial charge in [0.15, 0.2) is 0 Å². The quantitative estimate of drug-likeness (QED) is 0.911. The minimum Gasteiger partial charge on any atom is -0.481 e. The molecule has 2 aromatic rings. The molecule has 1 aromatic carbocycles. The van der Waals surface area contributed by atoms with Crippen LogP contribution in [0.2, 0.25) is 5.02 Å². The summed E-state index contributed by atoms with van der Waals surface area (Å²) in [6.45, 7) is 1.71. The molecule has 2 rings (SSSR count). The van der Waals surface area contributed by atoms with E-state index >= 15 is 0 Å². The van der Waals surface area contributed by atoms with Gasteiger partial charge in [-0.3, -0.25) is 4.79 Å². The third-order valence-electron chi connectivity index (χ3n) is 2.98. The maximum absolute atomic E-state index is 10.9. The van der Waals surface area contributed by atoms with Gasteiger partial charge < -0.3 is 9.67 Å². The number of halogens is 1. The number of hydrogen-bond acceptors (Lipinski definition) is 1. The fraction of sp³-hybridized carbons (Fsp3) is 0.308. The van der Waals surface area contributed by atoms with Crippen LogP contribution in [0.25, 0.3) is 10.9 Å². The van der Waals surface area contributed by atoms with Crippen molar-refractivity contribution in [2.45, 2.75) is 13.3 Å². The van der Waals surface area contributed by atoms with Crippen LogP contribution in [-0.4, -0.2) is 15.6 Å². The molecule has 0 saturated heterocycles. The molecular weight excluding hydrogens is 238 g/mol. The molecular formula is C13H14ClNO2. The summed E-state index contributed by atoms with van der Waals surface area (Å²) in [4.78, 5) is 10.9. The molecule has 0 spiro atoms. The molecule has 0 aliphatic carbocycles. The Morgan fingerprint density at radius 1 is 1.53 bits per heavy atom. The summed E-state index contributed by atoms with van der Waals surface area (Å²) in [5.74, 6) is -1.17. The van der Waals surface area contributed by atoms with Crippen molar-refractivity contribution in [3.8, 4) is 0 Å². The molecule has 1 aromatic heterocycles. The Balaban J connectivity index is 2.51. The van der Waals surface area contributed by atoms with Crippen molar-refractivity contribution in [2.75, 3.05) is 0 Å². The molecule has 0 amide bonds. The summed E-state index contributed by atoms with van der Waals surface area (Å²) in [6.07, 6.45) is 2.36. The van der Waals surface area contributed by atoms with Gasteiger partial charge in [0.25, 0.3) is 0 Å². The number of carboxylic acid groups (broad SMARTS) is 1. The second kappa shape index (κ2) is 4.41. The van der Waals surface area contributed by atoms with E-state index in [1.165, 1.54) is 0 Å². The number of para-hydroxylation sites is 1. The highest BCUT2D eigenvalue weighted by atomic mass is 35.5. The minimum absolute atomic E-state index is 0.394. The van der Waals surface area contributed by atoms with Gasteiger partial charge in [0.2, 0.25) is 0 Å². The molecule has 1 heterocycles. The second-order valence-corrected chi connectivity index (χ2v) is 4.75. The third-order valence-corrected chi connectivity index (χ3v) is 3.29. The number of fused-ring (bicyclic) bond motifs is 1. The molecule has 0 radical (unpaired) electrons. The lowest BCUT2D eigenvalue weighted by Gasteiger charge is -2.09. The van der Waals surface area contributed by atoms with E-state index in [4.69, 9.17) is 16.7 Å². The Morgan fingerprint density at radius 3 is 2.88 bits per heavy atom. The van der Waals surface area contributed by atoms with Gasteiger partial charge in [-0.05, 0) is 12.0 Å². The number of benzene rings is 1. The number of aliphatic carboxylic acids is 1. The first-order chi connectivity index (χ1) is 8.00. The largest absolute Gasteiger partial charge is 0.481 e. The van der Waals surface area contributed by atoms with Crippen LogP contribution in [0.1, 0.15) is 12.5 Å². The van der Waals surface area contributed by atoms with E-state index in [1.54, 1.807) is 6.92 Å². The van der Waals surface area contributed by atoms with E-state index in [2.05, 4.69) is 0 Å². The molecule has 1 unspecified atom stereocenters. The van der Waals surface area contributed by atoms with Crippen LogP contribution in [0.5, 0.6) is 0 Å². The van der Waals surface area contributed by atoms with Crippen molar-refractivity contribution in [3.05, 3.63) is 35.0 Å². The van der Waals surface area contributed by atoms with E-state index in [0.29, 0.717) is 11.4 Å². The van der Waals surface area contributed by atoms with Gasteiger partial charge in [-0.15, -0.1) is 0 Å². The molecule has 17 heavy (non-hydrogen) atoms. The van der Waals surface area contributed by atoms with Crippen molar-refractivity contribution in [2.24, 2.45) is 13.0 Å². The molecule has 1 atom stereocenters. The van der Waals surface area contributed by atoms with Gasteiger partial charge in [-0.1, -0.05) is 36.7 Å². The van der Waals surface area contributed by atoms with Crippen LogP contribution in [0.3, 0.4) is 0 Å². The molecule has 90 valence electrons. The molecule has 4 heteroatoms. The maximum Gasteiger partial charge on any atom is 0.306 e. The summed E-state index contributed by atoms with van der Waals surface area (Å²) in [6, 6.07) is 5.82. The second-order valence-electron chi connectivity index (χ2n) is 4.34. The molecule has 0 bridgehead atoms. The maximum atomic E-state index is 10.9. The van der Waals surface area contributed by atoms with Gasteiger partial charge in [-0.2, -0.15) is 0 Å². The SMILES string of the molecule is CC(Cc1cccc2c(Cl)cn(C)c12)C(=O)O. The summed E-state index contributed by atoms with van der Waals surface area (Å²) in [5, 5.41) is 10.6. The first kappa shape index (κ1) is 12.0. The van der Waals surface area contributed by atoms with E-state index in [9.17, 15) is 4.79 Å². The molecule has 0 saturated carbocycles. The summed E-state index contributed by atoms with van der Waals surface area (Å²) >= 11 is 6.11. The zero-order valence-corrected chi connectivity index (χ0v) is 10.5. The Labute approximate surface area is 105 Å². The number of aromatic nitrogens is 1. The molecule has 1 N–H and O–H groups in total. The normalized spacial score (nSPS) is 12.9. The number of aryl methyl sites for hydroxylation is 1. The number of rotatable bonds is 3. The first-order valence-corrected chi connectivity index (χ1v) is 5.83. The van der Waals surface area contributed by atoms with Crippen LogP contribution >= 0.6 is 11.6 Å². The predicted molar refractivity (Wildman–Crippen MR) is 68.4 cm³/mol. The van der Waals surface area contributed by atoms with Crippen molar-refractivity contribution in [1.29, 1.82) is 0 Å². The van der Waals surface area contributed by atoms with Crippen LogP contribution in [0.15, 0.2) is 24.4 Å². The van der Waals surface area contributed by atoms with Crippen LogP contribution in [0.4, 0.5) is 0 Å². The molecule has 3 nitrogen and oxygen atoms in total. The van der Waals surface area contributed by atoms with Gasteiger partial charge >= 0.3 is 5.97 Å². The Kier molecular flexibility index (Phi) is 3.11. The highest BCUT2D eigenvalue weighted by Crippen LogP contribution is 2.28. The van der Waals surface area contributed by atoms with Crippen molar-refractivity contribution in [3.63, 3.8) is 0 Å². The smallest absolute Gasteiger partial charge is 0.306 e. The lowest BCUT2D eigenvalue weighted by atomic mass is 9.99. The average Bonchev–Trinajstić information content (AvgIpc) is 2.55. The lowest BCUT2D eigenvalue weighted by molar-refractivity contribution is -0.141. The Bertz CT molecular complexity index is 574. The fourth-order valence-electron chi connectivity index (χ4n) is 2.09. The van der Waals surface area contributed by atoms with Gasteiger partial charge in [0.05, 0.1) is 16.5 Å². The van der Waals surface area contributed by atoms with E-state index < -0.39 is 11.9 Å². The standard InChI is InChI=1S/C13H14ClNO2/c1-8(13(16)17)6-9-4-3-5-10-11(14)7-15(2)12(9)10/h3-5,7-8H,6H2,1-2H3,(H,16,17). The van der Waals surface area contributed by atoms with Gasteiger partial charge in [-0.25, -0.2) is 0 Å². The van der Waals surface area contributed by atoms with E-state index in [-0.39, 0.29) is 0 Å². The third kappa shape index (κ3) is 2.15. The van der Waals surface area contributed by atoms with Crippen molar-refractivity contribution < 1.29 is 9.90 Å². The number of nitrogens with zero attached hydrogens (tertiary/aromatic N) is 1. The lowest BCUT2D eigenvalue weighted by Crippen LogP contribution is -2.12. The van der Waals surface area contributed by atoms with E-state index in [0.717, 1.165) is 16.5 Å². The Morgan fingerprint density at radius 2 is 2.24 bits per heavy atom. The number of hydrogen-bond donors (Lipinski definition) is 1.